The number of alkyl halides is 3. The second kappa shape index (κ2) is 9.88. The molecule has 0 radical (unpaired) electrons. The zero-order chi connectivity index (χ0) is 25.2. The van der Waals surface area contributed by atoms with E-state index in [1.807, 2.05) is 15.6 Å². The molecule has 13 heteroatoms. The zero-order valence-corrected chi connectivity index (χ0v) is 19.2. The maximum absolute atomic E-state index is 12.7. The van der Waals surface area contributed by atoms with E-state index >= 15 is 0 Å². The molecule has 1 fully saturated rings. The Morgan fingerprint density at radius 3 is 2.57 bits per heavy atom. The van der Waals surface area contributed by atoms with Crippen LogP contribution in [0.15, 0.2) is 58.0 Å². The number of carboxylic acid groups (broad SMARTS) is 1. The third-order valence-electron chi connectivity index (χ3n) is 5.52. The quantitative estimate of drug-likeness (QED) is 0.450. The minimum Gasteiger partial charge on any atom is -0.475 e. The number of hydrogen-bond donors (Lipinski definition) is 1. The van der Waals surface area contributed by atoms with Crippen molar-refractivity contribution in [1.82, 2.24) is 24.6 Å². The lowest BCUT2D eigenvalue weighted by Crippen LogP contribution is -2.49. The van der Waals surface area contributed by atoms with Crippen LogP contribution in [0.25, 0.3) is 16.6 Å². The van der Waals surface area contributed by atoms with Crippen LogP contribution in [0, 0.1) is 0 Å². The highest BCUT2D eigenvalue weighted by Gasteiger charge is 2.38. The molecule has 35 heavy (non-hydrogen) atoms. The molecule has 1 amide bonds. The molecule has 9 nitrogen and oxygen atoms in total. The van der Waals surface area contributed by atoms with Crippen molar-refractivity contribution in [3.05, 3.63) is 65.0 Å². The number of amides is 1. The molecule has 0 bridgehead atoms. The number of carboxylic acids is 1. The van der Waals surface area contributed by atoms with Crippen molar-refractivity contribution >= 4 is 28.7 Å². The lowest BCUT2D eigenvalue weighted by Gasteiger charge is -2.38. The Bertz CT molecular complexity index is 1300. The highest BCUT2D eigenvalue weighted by molar-refractivity contribution is 7.08. The van der Waals surface area contributed by atoms with Crippen molar-refractivity contribution in [1.29, 1.82) is 0 Å². The van der Waals surface area contributed by atoms with Gasteiger partial charge in [-0.3, -0.25) is 9.69 Å². The van der Waals surface area contributed by atoms with E-state index in [4.69, 9.17) is 14.3 Å². The molecular formula is C22H20F3N5O4S. The van der Waals surface area contributed by atoms with E-state index in [9.17, 15) is 18.0 Å². The van der Waals surface area contributed by atoms with Crippen molar-refractivity contribution in [2.45, 2.75) is 12.2 Å². The van der Waals surface area contributed by atoms with E-state index in [1.165, 1.54) is 11.8 Å². The van der Waals surface area contributed by atoms with E-state index in [0.29, 0.717) is 18.8 Å². The van der Waals surface area contributed by atoms with E-state index in [2.05, 4.69) is 51.2 Å². The fourth-order valence-electron chi connectivity index (χ4n) is 3.66. The molecule has 0 saturated carbocycles. The molecule has 4 aromatic heterocycles. The summed E-state index contributed by atoms with van der Waals surface area (Å²) in [4.78, 5) is 25.6. The first-order chi connectivity index (χ1) is 16.6. The number of pyridine rings is 1. The molecule has 0 spiro atoms. The monoisotopic (exact) mass is 507 g/mol. The third-order valence-corrected chi connectivity index (χ3v) is 6.20. The number of carbonyl (C=O) groups is 2. The minimum absolute atomic E-state index is 0.0165. The first kappa shape index (κ1) is 24.4. The molecule has 1 aliphatic rings. The van der Waals surface area contributed by atoms with Gasteiger partial charge in [0, 0.05) is 31.4 Å². The van der Waals surface area contributed by atoms with Gasteiger partial charge in [-0.15, -0.1) is 5.10 Å². The van der Waals surface area contributed by atoms with E-state index < -0.39 is 12.1 Å². The van der Waals surface area contributed by atoms with Gasteiger partial charge in [-0.05, 0) is 47.6 Å². The van der Waals surface area contributed by atoms with Crippen molar-refractivity contribution in [2.75, 3.05) is 26.7 Å². The molecule has 5 heterocycles. The molecule has 1 N–H and O–H groups in total. The standard InChI is InChI=1S/C20H19N5O2S.C2HF3O2/c1-23-7-8-24(20(26)18-3-2-9-27-18)12-17(23)19-16-5-4-14(11-25(16)22-21-19)15-6-10-28-13-15;3-2(4,5)1(6)7/h2-6,9-11,13,17H,7-8,12H2,1H3;(H,6,7). The molecule has 1 saturated heterocycles. The van der Waals surface area contributed by atoms with Gasteiger partial charge in [-0.1, -0.05) is 11.3 Å². The number of carbonyl (C=O) groups excluding carboxylic acids is 1. The molecule has 0 aromatic carbocycles. The van der Waals surface area contributed by atoms with Crippen molar-refractivity contribution in [2.24, 2.45) is 0 Å². The van der Waals surface area contributed by atoms with Gasteiger partial charge in [0.2, 0.25) is 0 Å². The smallest absolute Gasteiger partial charge is 0.475 e. The van der Waals surface area contributed by atoms with Crippen molar-refractivity contribution in [3.63, 3.8) is 0 Å². The number of halogens is 3. The van der Waals surface area contributed by atoms with Gasteiger partial charge in [0.15, 0.2) is 5.76 Å². The highest BCUT2D eigenvalue weighted by Crippen LogP contribution is 2.29. The van der Waals surface area contributed by atoms with Crippen LogP contribution in [-0.4, -0.2) is 74.5 Å². The van der Waals surface area contributed by atoms with Gasteiger partial charge in [0.25, 0.3) is 5.91 Å². The number of furan rings is 1. The lowest BCUT2D eigenvalue weighted by molar-refractivity contribution is -0.192. The van der Waals surface area contributed by atoms with Gasteiger partial charge in [-0.2, -0.15) is 24.5 Å². The lowest BCUT2D eigenvalue weighted by atomic mass is 10.1. The molecule has 5 rings (SSSR count). The van der Waals surface area contributed by atoms with Gasteiger partial charge in [0.05, 0.1) is 17.8 Å². The summed E-state index contributed by atoms with van der Waals surface area (Å²) >= 11 is 1.67. The number of hydrogen-bond acceptors (Lipinski definition) is 7. The Morgan fingerprint density at radius 2 is 1.94 bits per heavy atom. The normalized spacial score (nSPS) is 16.7. The number of nitrogens with zero attached hydrogens (tertiary/aromatic N) is 5. The van der Waals surface area contributed by atoms with Gasteiger partial charge in [-0.25, -0.2) is 9.31 Å². The number of likely N-dealkylation sites (N-methyl/N-ethyl adjacent to an activating group) is 1. The van der Waals surface area contributed by atoms with Gasteiger partial charge >= 0.3 is 12.1 Å². The minimum atomic E-state index is -5.08. The zero-order valence-electron chi connectivity index (χ0n) is 18.3. The summed E-state index contributed by atoms with van der Waals surface area (Å²) in [5, 5.41) is 20.1. The fraction of sp³-hybridized carbons (Fsp3) is 0.273. The topological polar surface area (TPSA) is 104 Å². The van der Waals surface area contributed by atoms with Crippen LogP contribution in [0.5, 0.6) is 0 Å². The summed E-state index contributed by atoms with van der Waals surface area (Å²) in [6.45, 7) is 1.98. The Hall–Kier alpha value is -3.71. The summed E-state index contributed by atoms with van der Waals surface area (Å²) in [6, 6.07) is 9.67. The van der Waals surface area contributed by atoms with E-state index in [1.54, 1.807) is 23.5 Å². The molecule has 184 valence electrons. The summed E-state index contributed by atoms with van der Waals surface area (Å²) in [5.41, 5.74) is 4.13. The Morgan fingerprint density at radius 1 is 1.17 bits per heavy atom. The maximum Gasteiger partial charge on any atom is 0.490 e. The van der Waals surface area contributed by atoms with Crippen LogP contribution in [0.1, 0.15) is 22.3 Å². The summed E-state index contributed by atoms with van der Waals surface area (Å²) in [5.74, 6) is -2.47. The number of piperazine rings is 1. The molecular weight excluding hydrogens is 487 g/mol. The highest BCUT2D eigenvalue weighted by atomic mass is 32.1. The maximum atomic E-state index is 12.7. The van der Waals surface area contributed by atoms with Crippen LogP contribution < -0.4 is 0 Å². The first-order valence-corrected chi connectivity index (χ1v) is 11.3. The Labute approximate surface area is 201 Å². The number of rotatable bonds is 3. The van der Waals surface area contributed by atoms with Crippen LogP contribution in [-0.2, 0) is 4.79 Å². The average Bonchev–Trinajstić information content (AvgIpc) is 3.60. The summed E-state index contributed by atoms with van der Waals surface area (Å²) in [6.07, 6.45) is -1.55. The number of thiophene rings is 1. The number of aromatic nitrogens is 3. The van der Waals surface area contributed by atoms with Crippen LogP contribution >= 0.6 is 11.3 Å². The van der Waals surface area contributed by atoms with Crippen molar-refractivity contribution < 1.29 is 32.3 Å². The third kappa shape index (κ3) is 5.35. The van der Waals surface area contributed by atoms with Crippen LogP contribution in [0.2, 0.25) is 0 Å². The largest absolute Gasteiger partial charge is 0.490 e. The molecule has 1 atom stereocenters. The summed E-state index contributed by atoms with van der Waals surface area (Å²) in [7, 11) is 2.06. The summed E-state index contributed by atoms with van der Waals surface area (Å²) < 4.78 is 38.8. The molecule has 4 aromatic rings. The predicted molar refractivity (Wildman–Crippen MR) is 120 cm³/mol. The Balaban J connectivity index is 0.000000364. The second-order valence-electron chi connectivity index (χ2n) is 7.76. The van der Waals surface area contributed by atoms with Crippen molar-refractivity contribution in [3.8, 4) is 11.1 Å². The fourth-order valence-corrected chi connectivity index (χ4v) is 4.33. The average molecular weight is 507 g/mol. The predicted octanol–water partition coefficient (Wildman–Crippen LogP) is 3.81. The molecule has 1 unspecified atom stereocenters. The van der Waals surface area contributed by atoms with E-state index in [0.717, 1.165) is 23.3 Å². The first-order valence-electron chi connectivity index (χ1n) is 10.4. The van der Waals surface area contributed by atoms with Gasteiger partial charge in [0.1, 0.15) is 5.69 Å². The number of fused-ring (bicyclic) bond motifs is 1. The van der Waals surface area contributed by atoms with Gasteiger partial charge < -0.3 is 14.4 Å². The molecule has 1 aliphatic heterocycles. The number of aliphatic carboxylic acids is 1. The van der Waals surface area contributed by atoms with E-state index in [-0.39, 0.29) is 11.9 Å². The molecule has 0 aliphatic carbocycles. The van der Waals surface area contributed by atoms with Crippen LogP contribution in [0.3, 0.4) is 0 Å². The Kier molecular flexibility index (Phi) is 6.89. The SMILES string of the molecule is CN1CCN(C(=O)c2ccco2)CC1c1nnn2cc(-c3ccsc3)ccc12.O=C(O)C(F)(F)F. The van der Waals surface area contributed by atoms with Crippen LogP contribution in [0.4, 0.5) is 13.2 Å². The second-order valence-corrected chi connectivity index (χ2v) is 8.54.